The number of aromatic nitrogens is 3. The van der Waals surface area contributed by atoms with Gasteiger partial charge in [-0.15, -0.1) is 10.2 Å². The summed E-state index contributed by atoms with van der Waals surface area (Å²) < 4.78 is 2.30. The summed E-state index contributed by atoms with van der Waals surface area (Å²) in [5.41, 5.74) is 0.956. The van der Waals surface area contributed by atoms with Crippen LogP contribution in [0.25, 0.3) is 0 Å². The van der Waals surface area contributed by atoms with Gasteiger partial charge in [0, 0.05) is 24.9 Å². The lowest BCUT2D eigenvalue weighted by atomic mass is 10.1. The first kappa shape index (κ1) is 15.0. The Balaban J connectivity index is 1.48. The number of hydrogen-bond acceptors (Lipinski definition) is 5. The Morgan fingerprint density at radius 2 is 1.87 bits per heavy atom. The molecule has 1 saturated heterocycles. The van der Waals surface area contributed by atoms with Gasteiger partial charge in [0.1, 0.15) is 0 Å². The van der Waals surface area contributed by atoms with E-state index in [2.05, 4.69) is 19.7 Å². The van der Waals surface area contributed by atoms with E-state index in [9.17, 15) is 5.11 Å². The lowest BCUT2D eigenvalue weighted by Crippen LogP contribution is -2.22. The van der Waals surface area contributed by atoms with Crippen LogP contribution in [0.3, 0.4) is 0 Å². The van der Waals surface area contributed by atoms with Crippen LogP contribution in [-0.2, 0) is 0 Å². The Morgan fingerprint density at radius 3 is 2.57 bits per heavy atom. The second-order valence-corrected chi connectivity index (χ2v) is 7.30. The smallest absolute Gasteiger partial charge is 0.228 e. The molecule has 1 atom stereocenters. The second-order valence-electron chi connectivity index (χ2n) is 6.32. The van der Waals surface area contributed by atoms with Gasteiger partial charge >= 0.3 is 0 Å². The molecule has 0 bridgehead atoms. The van der Waals surface area contributed by atoms with Crippen LogP contribution in [-0.4, -0.2) is 38.7 Å². The van der Waals surface area contributed by atoms with E-state index in [0.717, 1.165) is 29.8 Å². The first-order valence-corrected chi connectivity index (χ1v) is 9.37. The van der Waals surface area contributed by atoms with Crippen molar-refractivity contribution in [2.45, 2.75) is 43.0 Å². The first-order valence-electron chi connectivity index (χ1n) is 8.38. The number of anilines is 1. The van der Waals surface area contributed by atoms with Gasteiger partial charge in [-0.05, 0) is 31.2 Å². The summed E-state index contributed by atoms with van der Waals surface area (Å²) in [6.45, 7) is 2.17. The summed E-state index contributed by atoms with van der Waals surface area (Å²) in [4.78, 5) is 2.35. The van der Waals surface area contributed by atoms with Crippen molar-refractivity contribution in [1.29, 1.82) is 0 Å². The molecule has 0 unspecified atom stereocenters. The van der Waals surface area contributed by atoms with Crippen LogP contribution in [0, 0.1) is 0 Å². The van der Waals surface area contributed by atoms with Gasteiger partial charge < -0.3 is 10.0 Å². The number of aliphatic hydroxyl groups is 1. The minimum absolute atomic E-state index is 0.471. The number of hydrogen-bond donors (Lipinski definition) is 1. The molecule has 2 aromatic rings. The van der Waals surface area contributed by atoms with Crippen molar-refractivity contribution in [2.75, 3.05) is 23.7 Å². The average Bonchev–Trinajstić information content (AvgIpc) is 3.12. The number of rotatable bonds is 6. The molecular weight excluding hydrogens is 308 g/mol. The summed E-state index contributed by atoms with van der Waals surface area (Å²) in [5.74, 6) is 1.64. The highest BCUT2D eigenvalue weighted by Gasteiger charge is 2.32. The van der Waals surface area contributed by atoms with Crippen LogP contribution in [0.5, 0.6) is 0 Å². The Hall–Kier alpha value is -1.53. The van der Waals surface area contributed by atoms with E-state index >= 15 is 0 Å². The first-order chi connectivity index (χ1) is 11.3. The molecule has 1 aromatic carbocycles. The summed E-state index contributed by atoms with van der Waals surface area (Å²) in [7, 11) is 0. The minimum Gasteiger partial charge on any atom is -0.388 e. The molecule has 0 radical (unpaired) electrons. The van der Waals surface area contributed by atoms with Crippen LogP contribution in [0.15, 0.2) is 35.5 Å². The van der Waals surface area contributed by atoms with Crippen LogP contribution in [0.4, 0.5) is 5.95 Å². The molecule has 1 N–H and O–H groups in total. The Morgan fingerprint density at radius 1 is 1.13 bits per heavy atom. The average molecular weight is 330 g/mol. The van der Waals surface area contributed by atoms with Crippen molar-refractivity contribution in [3.63, 3.8) is 0 Å². The molecule has 23 heavy (non-hydrogen) atoms. The topological polar surface area (TPSA) is 54.2 Å². The maximum absolute atomic E-state index is 10.4. The van der Waals surface area contributed by atoms with Crippen LogP contribution in [0.1, 0.15) is 43.4 Å². The molecule has 1 aromatic heterocycles. The quantitative estimate of drug-likeness (QED) is 0.825. The number of benzene rings is 1. The molecule has 1 aliphatic heterocycles. The number of aliphatic hydroxyl groups excluding tert-OH is 1. The highest BCUT2D eigenvalue weighted by Crippen LogP contribution is 2.41. The lowest BCUT2D eigenvalue weighted by molar-refractivity contribution is 0.204. The third-order valence-corrected chi connectivity index (χ3v) is 5.52. The highest BCUT2D eigenvalue weighted by atomic mass is 32.2. The van der Waals surface area contributed by atoms with Gasteiger partial charge in [-0.3, -0.25) is 4.57 Å². The van der Waals surface area contributed by atoms with Crippen molar-refractivity contribution < 1.29 is 5.11 Å². The van der Waals surface area contributed by atoms with Crippen LogP contribution >= 0.6 is 11.8 Å². The summed E-state index contributed by atoms with van der Waals surface area (Å²) in [6.07, 6.45) is 4.45. The van der Waals surface area contributed by atoms with Gasteiger partial charge in [0.15, 0.2) is 5.16 Å². The van der Waals surface area contributed by atoms with Crippen molar-refractivity contribution in [1.82, 2.24) is 14.8 Å². The monoisotopic (exact) mass is 330 g/mol. The zero-order valence-corrected chi connectivity index (χ0v) is 14.0. The van der Waals surface area contributed by atoms with E-state index in [1.165, 1.54) is 25.7 Å². The zero-order chi connectivity index (χ0) is 15.6. The number of nitrogens with zero attached hydrogens (tertiary/aromatic N) is 4. The molecule has 2 aliphatic rings. The van der Waals surface area contributed by atoms with Crippen molar-refractivity contribution in [3.8, 4) is 0 Å². The van der Waals surface area contributed by atoms with Gasteiger partial charge in [-0.2, -0.15) is 0 Å². The fourth-order valence-electron chi connectivity index (χ4n) is 3.08. The van der Waals surface area contributed by atoms with Gasteiger partial charge in [0.05, 0.1) is 6.10 Å². The van der Waals surface area contributed by atoms with Crippen molar-refractivity contribution >= 4 is 17.7 Å². The largest absolute Gasteiger partial charge is 0.388 e. The fraction of sp³-hybridized carbons (Fsp3) is 0.529. The van der Waals surface area contributed by atoms with Crippen LogP contribution < -0.4 is 4.90 Å². The second kappa shape index (κ2) is 6.53. The van der Waals surface area contributed by atoms with Crippen LogP contribution in [0.2, 0.25) is 0 Å². The van der Waals surface area contributed by atoms with E-state index in [1.807, 2.05) is 30.3 Å². The van der Waals surface area contributed by atoms with Gasteiger partial charge in [-0.1, -0.05) is 42.1 Å². The fourth-order valence-corrected chi connectivity index (χ4v) is 4.05. The molecule has 4 rings (SSSR count). The molecule has 0 amide bonds. The zero-order valence-electron chi connectivity index (χ0n) is 13.1. The van der Waals surface area contributed by atoms with E-state index in [-0.39, 0.29) is 0 Å². The SMILES string of the molecule is O[C@H](CSc1nnc(N2CCCC2)n1C1CC1)c1ccccc1. The Kier molecular flexibility index (Phi) is 4.27. The van der Waals surface area contributed by atoms with Gasteiger partial charge in [0.2, 0.25) is 5.95 Å². The maximum atomic E-state index is 10.4. The van der Waals surface area contributed by atoms with E-state index < -0.39 is 6.10 Å². The van der Waals surface area contributed by atoms with E-state index in [0.29, 0.717) is 11.8 Å². The third-order valence-electron chi connectivity index (χ3n) is 4.50. The Bertz CT molecular complexity index is 650. The van der Waals surface area contributed by atoms with Gasteiger partial charge in [0.25, 0.3) is 0 Å². The molecule has 5 nitrogen and oxygen atoms in total. The lowest BCUT2D eigenvalue weighted by Gasteiger charge is -2.18. The van der Waals surface area contributed by atoms with Gasteiger partial charge in [-0.25, -0.2) is 0 Å². The molecular formula is C17H22N4OS. The normalized spacial score (nSPS) is 19.3. The van der Waals surface area contributed by atoms with Crippen molar-refractivity contribution in [3.05, 3.63) is 35.9 Å². The summed E-state index contributed by atoms with van der Waals surface area (Å²) in [6, 6.07) is 10.4. The molecule has 122 valence electrons. The molecule has 1 aliphatic carbocycles. The molecule has 6 heteroatoms. The Labute approximate surface area is 140 Å². The standard InChI is InChI=1S/C17H22N4OS/c22-15(13-6-2-1-3-7-13)12-23-17-19-18-16(20-10-4-5-11-20)21(17)14-8-9-14/h1-3,6-7,14-15,22H,4-5,8-12H2/t15-/m1/s1. The highest BCUT2D eigenvalue weighted by molar-refractivity contribution is 7.99. The van der Waals surface area contributed by atoms with Crippen molar-refractivity contribution in [2.24, 2.45) is 0 Å². The predicted octanol–water partition coefficient (Wildman–Crippen LogP) is 3.04. The molecule has 2 fully saturated rings. The molecule has 0 spiro atoms. The number of thioether (sulfide) groups is 1. The summed E-state index contributed by atoms with van der Waals surface area (Å²) >= 11 is 1.61. The summed E-state index contributed by atoms with van der Waals surface area (Å²) in [5, 5.41) is 20.2. The molecule has 2 heterocycles. The maximum Gasteiger partial charge on any atom is 0.228 e. The van der Waals surface area contributed by atoms with E-state index in [4.69, 9.17) is 0 Å². The third kappa shape index (κ3) is 3.23. The predicted molar refractivity (Wildman–Crippen MR) is 91.9 cm³/mol. The minimum atomic E-state index is -0.471. The molecule has 1 saturated carbocycles. The van der Waals surface area contributed by atoms with E-state index in [1.54, 1.807) is 11.8 Å².